The number of ether oxygens (including phenoxy) is 1. The molecule has 0 radical (unpaired) electrons. The Morgan fingerprint density at radius 3 is 2.58 bits per heavy atom. The fourth-order valence-electron chi connectivity index (χ4n) is 4.66. The zero-order valence-electron chi connectivity index (χ0n) is 18.9. The molecule has 0 fully saturated rings. The third kappa shape index (κ3) is 3.17. The quantitative estimate of drug-likeness (QED) is 0.342. The van der Waals surface area contributed by atoms with Crippen LogP contribution in [-0.4, -0.2) is 39.3 Å². The molecule has 0 amide bonds. The summed E-state index contributed by atoms with van der Waals surface area (Å²) in [6, 6.07) is 15.2. The lowest BCUT2D eigenvalue weighted by molar-refractivity contribution is 0.402. The van der Waals surface area contributed by atoms with Gasteiger partial charge in [0.2, 0.25) is 11.8 Å². The van der Waals surface area contributed by atoms with Crippen molar-refractivity contribution in [2.75, 3.05) is 0 Å². The standard InChI is InChI=1S/C26H17ClN8O/c1-15-20-21(16-5-3-9-28-12-16)22-24-31-23(17-6-4-10-29-13-17)33-34(24)14-30-25(22)36-26(20)35(32-15)19-8-2-7-18(27)11-19/h2-14,21H,1H3. The van der Waals surface area contributed by atoms with Gasteiger partial charge in [-0.25, -0.2) is 19.2 Å². The summed E-state index contributed by atoms with van der Waals surface area (Å²) in [6.45, 7) is 1.97. The molecule has 0 spiro atoms. The molecule has 1 unspecified atom stereocenters. The van der Waals surface area contributed by atoms with E-state index in [-0.39, 0.29) is 5.92 Å². The molecule has 6 heterocycles. The number of nitrogens with zero attached hydrogens (tertiary/aromatic N) is 8. The lowest BCUT2D eigenvalue weighted by Gasteiger charge is -2.26. The Balaban J connectivity index is 1.49. The highest BCUT2D eigenvalue weighted by molar-refractivity contribution is 6.30. The van der Waals surface area contributed by atoms with Crippen molar-refractivity contribution >= 4 is 17.2 Å². The highest BCUT2D eigenvalue weighted by Gasteiger charge is 2.38. The molecule has 5 aromatic heterocycles. The van der Waals surface area contributed by atoms with Crippen molar-refractivity contribution in [3.05, 3.63) is 107 Å². The van der Waals surface area contributed by atoms with Gasteiger partial charge in [-0.15, -0.1) is 5.10 Å². The minimum absolute atomic E-state index is 0.271. The maximum atomic E-state index is 6.43. The van der Waals surface area contributed by atoms with E-state index in [4.69, 9.17) is 26.4 Å². The summed E-state index contributed by atoms with van der Waals surface area (Å²) in [6.07, 6.45) is 8.67. The van der Waals surface area contributed by atoms with E-state index in [2.05, 4.69) is 20.1 Å². The number of benzene rings is 1. The van der Waals surface area contributed by atoms with Crippen molar-refractivity contribution in [1.29, 1.82) is 0 Å². The summed E-state index contributed by atoms with van der Waals surface area (Å²) >= 11 is 6.28. The van der Waals surface area contributed by atoms with E-state index in [1.54, 1.807) is 34.1 Å². The number of halogens is 1. The highest BCUT2D eigenvalue weighted by atomic mass is 35.5. The van der Waals surface area contributed by atoms with Gasteiger partial charge in [-0.3, -0.25) is 9.97 Å². The molecule has 1 aliphatic heterocycles. The van der Waals surface area contributed by atoms with Gasteiger partial charge in [0, 0.05) is 35.4 Å². The van der Waals surface area contributed by atoms with Crippen LogP contribution >= 0.6 is 11.6 Å². The van der Waals surface area contributed by atoms with E-state index >= 15 is 0 Å². The van der Waals surface area contributed by atoms with Gasteiger partial charge in [-0.05, 0) is 48.9 Å². The van der Waals surface area contributed by atoms with Gasteiger partial charge >= 0.3 is 0 Å². The number of fused-ring (bicyclic) bond motifs is 4. The first-order valence-corrected chi connectivity index (χ1v) is 11.6. The van der Waals surface area contributed by atoms with E-state index in [1.807, 2.05) is 61.7 Å². The molecule has 174 valence electrons. The smallest absolute Gasteiger partial charge is 0.230 e. The Kier molecular flexibility index (Phi) is 4.58. The number of hydrogen-bond acceptors (Lipinski definition) is 7. The van der Waals surface area contributed by atoms with Crippen LogP contribution in [0.1, 0.15) is 28.3 Å². The molecule has 0 bridgehead atoms. The molecule has 0 aliphatic carbocycles. The van der Waals surface area contributed by atoms with Crippen molar-refractivity contribution in [3.8, 4) is 28.8 Å². The normalized spacial score (nSPS) is 14.3. The third-order valence-electron chi connectivity index (χ3n) is 6.21. The minimum Gasteiger partial charge on any atom is -0.420 e. The highest BCUT2D eigenvalue weighted by Crippen LogP contribution is 2.49. The number of aromatic nitrogens is 8. The number of pyridine rings is 2. The van der Waals surface area contributed by atoms with Crippen molar-refractivity contribution in [1.82, 2.24) is 39.3 Å². The van der Waals surface area contributed by atoms with Gasteiger partial charge < -0.3 is 4.74 Å². The molecule has 36 heavy (non-hydrogen) atoms. The lowest BCUT2D eigenvalue weighted by atomic mass is 9.85. The Morgan fingerprint density at radius 2 is 1.81 bits per heavy atom. The fraction of sp³-hybridized carbons (Fsp3) is 0.0769. The summed E-state index contributed by atoms with van der Waals surface area (Å²) in [5.41, 5.74) is 5.76. The van der Waals surface area contributed by atoms with Crippen molar-refractivity contribution in [2.24, 2.45) is 0 Å². The van der Waals surface area contributed by atoms with Crippen LogP contribution in [0, 0.1) is 6.92 Å². The van der Waals surface area contributed by atoms with Gasteiger partial charge in [0.05, 0.1) is 28.4 Å². The Morgan fingerprint density at radius 1 is 0.944 bits per heavy atom. The second kappa shape index (κ2) is 7.96. The Hall–Kier alpha value is -4.63. The second-order valence-corrected chi connectivity index (χ2v) is 8.86. The number of hydrogen-bond donors (Lipinski definition) is 0. The van der Waals surface area contributed by atoms with Crippen LogP contribution in [0.4, 0.5) is 0 Å². The van der Waals surface area contributed by atoms with Gasteiger partial charge in [0.15, 0.2) is 11.5 Å². The van der Waals surface area contributed by atoms with Gasteiger partial charge in [0.1, 0.15) is 6.33 Å². The van der Waals surface area contributed by atoms with E-state index in [0.29, 0.717) is 28.3 Å². The number of rotatable bonds is 3. The average molecular weight is 493 g/mol. The van der Waals surface area contributed by atoms with Crippen LogP contribution in [0.2, 0.25) is 5.02 Å². The molecular formula is C26H17ClN8O. The average Bonchev–Trinajstić information content (AvgIpc) is 3.50. The number of aryl methyl sites for hydroxylation is 1. The molecule has 0 saturated heterocycles. The van der Waals surface area contributed by atoms with E-state index in [0.717, 1.165) is 33.6 Å². The summed E-state index contributed by atoms with van der Waals surface area (Å²) in [5, 5.41) is 10.1. The van der Waals surface area contributed by atoms with E-state index in [9.17, 15) is 0 Å². The Bertz CT molecular complexity index is 1750. The molecule has 1 atom stereocenters. The summed E-state index contributed by atoms with van der Waals surface area (Å²) in [4.78, 5) is 18.1. The van der Waals surface area contributed by atoms with Gasteiger partial charge in [-0.1, -0.05) is 23.7 Å². The maximum absolute atomic E-state index is 6.43. The van der Waals surface area contributed by atoms with E-state index in [1.165, 1.54) is 0 Å². The van der Waals surface area contributed by atoms with Crippen molar-refractivity contribution in [3.63, 3.8) is 0 Å². The van der Waals surface area contributed by atoms with E-state index < -0.39 is 0 Å². The van der Waals surface area contributed by atoms with Crippen LogP contribution in [0.5, 0.6) is 11.8 Å². The van der Waals surface area contributed by atoms with Crippen LogP contribution in [0.25, 0.3) is 22.7 Å². The second-order valence-electron chi connectivity index (χ2n) is 8.43. The van der Waals surface area contributed by atoms with Crippen LogP contribution < -0.4 is 4.74 Å². The summed E-state index contributed by atoms with van der Waals surface area (Å²) in [5.74, 6) is 1.31. The first-order chi connectivity index (χ1) is 17.7. The van der Waals surface area contributed by atoms with Gasteiger partial charge in [0.25, 0.3) is 0 Å². The first-order valence-electron chi connectivity index (χ1n) is 11.3. The molecule has 1 aromatic carbocycles. The zero-order chi connectivity index (χ0) is 24.2. The maximum Gasteiger partial charge on any atom is 0.230 e. The molecule has 0 N–H and O–H groups in total. The summed E-state index contributed by atoms with van der Waals surface area (Å²) < 4.78 is 9.87. The molecule has 10 heteroatoms. The molecule has 7 rings (SSSR count). The molecule has 0 saturated carbocycles. The lowest BCUT2D eigenvalue weighted by Crippen LogP contribution is -2.16. The zero-order valence-corrected chi connectivity index (χ0v) is 19.7. The Labute approximate surface area is 210 Å². The SMILES string of the molecule is Cc1nn(-c2cccc(Cl)c2)c2c1C(c1cccnc1)c1c(ncn3nc(-c4cccnc4)nc13)O2. The molecule has 9 nitrogen and oxygen atoms in total. The third-order valence-corrected chi connectivity index (χ3v) is 6.45. The van der Waals surface area contributed by atoms with Crippen LogP contribution in [0.3, 0.4) is 0 Å². The predicted octanol–water partition coefficient (Wildman–Crippen LogP) is 5.01. The first kappa shape index (κ1) is 20.7. The van der Waals surface area contributed by atoms with Crippen LogP contribution in [0.15, 0.2) is 79.6 Å². The predicted molar refractivity (Wildman–Crippen MR) is 133 cm³/mol. The van der Waals surface area contributed by atoms with Crippen molar-refractivity contribution < 1.29 is 4.74 Å². The summed E-state index contributed by atoms with van der Waals surface area (Å²) in [7, 11) is 0. The minimum atomic E-state index is -0.271. The van der Waals surface area contributed by atoms with Crippen molar-refractivity contribution in [2.45, 2.75) is 12.8 Å². The molecular weight excluding hydrogens is 476 g/mol. The largest absolute Gasteiger partial charge is 0.420 e. The van der Waals surface area contributed by atoms with Crippen LogP contribution in [-0.2, 0) is 0 Å². The fourth-order valence-corrected chi connectivity index (χ4v) is 4.84. The van der Waals surface area contributed by atoms with Gasteiger partial charge in [-0.2, -0.15) is 5.10 Å². The monoisotopic (exact) mass is 492 g/mol. The molecule has 1 aliphatic rings. The topological polar surface area (TPSA) is 95.9 Å². The molecule has 6 aromatic rings.